The molecule has 1 unspecified atom stereocenters. The number of nitrogens with one attached hydrogen (secondary N) is 1. The molecule has 0 bridgehead atoms. The highest BCUT2D eigenvalue weighted by Gasteiger charge is 2.30. The van der Waals surface area contributed by atoms with Crippen molar-refractivity contribution in [2.45, 2.75) is 31.7 Å². The van der Waals surface area contributed by atoms with E-state index in [1.807, 2.05) is 6.07 Å². The minimum atomic E-state index is -0.986. The van der Waals surface area contributed by atoms with Crippen LogP contribution in [0.25, 0.3) is 0 Å². The van der Waals surface area contributed by atoms with Crippen LogP contribution < -0.4 is 5.32 Å². The van der Waals surface area contributed by atoms with Gasteiger partial charge < -0.3 is 15.3 Å². The molecule has 0 aromatic heterocycles. The van der Waals surface area contributed by atoms with Gasteiger partial charge in [0.1, 0.15) is 12.1 Å². The molecule has 1 aromatic carbocycles. The number of nitriles is 1. The molecular weight excluding hydrogens is 270 g/mol. The number of para-hydroxylation sites is 1. The third-order valence-corrected chi connectivity index (χ3v) is 3.59. The molecule has 0 radical (unpaired) electrons. The van der Waals surface area contributed by atoms with Crippen LogP contribution in [0, 0.1) is 11.3 Å². The predicted molar refractivity (Wildman–Crippen MR) is 76.8 cm³/mol. The summed E-state index contributed by atoms with van der Waals surface area (Å²) in [5.41, 5.74) is 0.755. The van der Waals surface area contributed by atoms with Crippen LogP contribution in [0.3, 0.4) is 0 Å². The Morgan fingerprint density at radius 1 is 1.29 bits per heavy atom. The Kier molecular flexibility index (Phi) is 4.77. The van der Waals surface area contributed by atoms with E-state index in [9.17, 15) is 14.7 Å². The van der Waals surface area contributed by atoms with Gasteiger partial charge in [0, 0.05) is 6.54 Å². The Hall–Kier alpha value is -2.55. The average Bonchev–Trinajstić information content (AvgIpc) is 2.73. The van der Waals surface area contributed by atoms with Crippen LogP contribution in [0.4, 0.5) is 10.5 Å². The Bertz CT molecular complexity index is 580. The molecule has 0 saturated carbocycles. The quantitative estimate of drug-likeness (QED) is 0.873. The molecular formula is C15H17N3O3. The SMILES string of the molecule is N#Cc1ccccc1NC(=O)N1CCCCCC1C(=O)O. The minimum absolute atomic E-state index is 0.354. The van der Waals surface area contributed by atoms with Gasteiger partial charge in [0.15, 0.2) is 0 Å². The Labute approximate surface area is 123 Å². The molecule has 2 rings (SSSR count). The molecule has 6 nitrogen and oxygen atoms in total. The number of carboxylic acids is 1. The number of likely N-dealkylation sites (tertiary alicyclic amines) is 1. The maximum absolute atomic E-state index is 12.3. The number of benzene rings is 1. The number of carboxylic acid groups (broad SMARTS) is 1. The Morgan fingerprint density at radius 3 is 2.76 bits per heavy atom. The molecule has 1 aromatic rings. The average molecular weight is 287 g/mol. The number of anilines is 1. The van der Waals surface area contributed by atoms with Crippen molar-refractivity contribution in [3.63, 3.8) is 0 Å². The molecule has 0 aliphatic carbocycles. The lowest BCUT2D eigenvalue weighted by Crippen LogP contribution is -2.46. The van der Waals surface area contributed by atoms with E-state index in [1.165, 1.54) is 4.90 Å². The topological polar surface area (TPSA) is 93.4 Å². The van der Waals surface area contributed by atoms with Crippen LogP contribution in [0.5, 0.6) is 0 Å². The van der Waals surface area contributed by atoms with Gasteiger partial charge in [-0.25, -0.2) is 9.59 Å². The highest BCUT2D eigenvalue weighted by molar-refractivity contribution is 5.93. The van der Waals surface area contributed by atoms with E-state index in [-0.39, 0.29) is 0 Å². The number of hydrogen-bond acceptors (Lipinski definition) is 3. The molecule has 1 saturated heterocycles. The van der Waals surface area contributed by atoms with Crippen LogP contribution in [0.2, 0.25) is 0 Å². The number of hydrogen-bond donors (Lipinski definition) is 2. The maximum Gasteiger partial charge on any atom is 0.326 e. The number of urea groups is 1. The summed E-state index contributed by atoms with van der Waals surface area (Å²) in [5, 5.41) is 20.9. The van der Waals surface area contributed by atoms with Gasteiger partial charge >= 0.3 is 12.0 Å². The van der Waals surface area contributed by atoms with E-state index < -0.39 is 18.0 Å². The number of carbonyl (C=O) groups excluding carboxylic acids is 1. The van der Waals surface area contributed by atoms with Crippen molar-refractivity contribution in [1.82, 2.24) is 4.90 Å². The number of aliphatic carboxylic acids is 1. The van der Waals surface area contributed by atoms with Crippen molar-refractivity contribution in [2.24, 2.45) is 0 Å². The lowest BCUT2D eigenvalue weighted by molar-refractivity contribution is -0.142. The van der Waals surface area contributed by atoms with Gasteiger partial charge in [-0.1, -0.05) is 25.0 Å². The first-order valence-electron chi connectivity index (χ1n) is 6.93. The lowest BCUT2D eigenvalue weighted by atomic mass is 10.1. The van der Waals surface area contributed by atoms with E-state index >= 15 is 0 Å². The summed E-state index contributed by atoms with van der Waals surface area (Å²) in [5.74, 6) is -0.986. The van der Waals surface area contributed by atoms with Crippen molar-refractivity contribution in [3.05, 3.63) is 29.8 Å². The van der Waals surface area contributed by atoms with Gasteiger partial charge in [0.25, 0.3) is 0 Å². The lowest BCUT2D eigenvalue weighted by Gasteiger charge is -2.27. The zero-order valence-corrected chi connectivity index (χ0v) is 11.6. The summed E-state index contributed by atoms with van der Waals surface area (Å²) in [7, 11) is 0. The third kappa shape index (κ3) is 3.51. The Morgan fingerprint density at radius 2 is 2.05 bits per heavy atom. The first-order chi connectivity index (χ1) is 10.1. The van der Waals surface area contributed by atoms with Crippen LogP contribution in [0.1, 0.15) is 31.2 Å². The maximum atomic E-state index is 12.3. The molecule has 6 heteroatoms. The van der Waals surface area contributed by atoms with Gasteiger partial charge in [-0.15, -0.1) is 0 Å². The first-order valence-corrected chi connectivity index (χ1v) is 6.93. The highest BCUT2D eigenvalue weighted by Crippen LogP contribution is 2.20. The normalized spacial score (nSPS) is 18.4. The van der Waals surface area contributed by atoms with E-state index in [2.05, 4.69) is 5.32 Å². The third-order valence-electron chi connectivity index (χ3n) is 3.59. The summed E-state index contributed by atoms with van der Waals surface area (Å²) in [6.07, 6.45) is 2.97. The second kappa shape index (κ2) is 6.75. The predicted octanol–water partition coefficient (Wildman–Crippen LogP) is 2.42. The fourth-order valence-corrected chi connectivity index (χ4v) is 2.48. The summed E-state index contributed by atoms with van der Waals surface area (Å²) < 4.78 is 0. The van der Waals surface area contributed by atoms with Crippen LogP contribution in [-0.2, 0) is 4.79 Å². The van der Waals surface area contributed by atoms with Crippen molar-refractivity contribution >= 4 is 17.7 Å². The van der Waals surface area contributed by atoms with Gasteiger partial charge in [0.2, 0.25) is 0 Å². The molecule has 2 N–H and O–H groups in total. The molecule has 2 amide bonds. The summed E-state index contributed by atoms with van der Waals surface area (Å²) in [4.78, 5) is 25.0. The summed E-state index contributed by atoms with van der Waals surface area (Å²) >= 11 is 0. The van der Waals surface area contributed by atoms with Crippen LogP contribution >= 0.6 is 0 Å². The number of rotatable bonds is 2. The molecule has 110 valence electrons. The fourth-order valence-electron chi connectivity index (χ4n) is 2.48. The van der Waals surface area contributed by atoms with Gasteiger partial charge in [0.05, 0.1) is 11.3 Å². The molecule has 0 spiro atoms. The second-order valence-electron chi connectivity index (χ2n) is 4.98. The molecule has 1 heterocycles. The summed E-state index contributed by atoms with van der Waals surface area (Å²) in [6.45, 7) is 0.414. The number of carbonyl (C=O) groups is 2. The van der Waals surface area contributed by atoms with Crippen LogP contribution in [-0.4, -0.2) is 34.6 Å². The second-order valence-corrected chi connectivity index (χ2v) is 4.98. The standard InChI is InChI=1S/C15H17N3O3/c16-10-11-6-3-4-7-12(11)17-15(21)18-9-5-1-2-8-13(18)14(19)20/h3-4,6-7,13H,1-2,5,8-9H2,(H,17,21)(H,19,20). The van der Waals surface area contributed by atoms with Gasteiger partial charge in [-0.3, -0.25) is 0 Å². The zero-order chi connectivity index (χ0) is 15.2. The molecule has 1 aliphatic heterocycles. The number of amides is 2. The molecule has 1 atom stereocenters. The first kappa shape index (κ1) is 14.9. The van der Waals surface area contributed by atoms with Crippen molar-refractivity contribution in [1.29, 1.82) is 5.26 Å². The van der Waals surface area contributed by atoms with E-state index in [0.717, 1.165) is 19.3 Å². The zero-order valence-electron chi connectivity index (χ0n) is 11.6. The Balaban J connectivity index is 2.17. The molecule has 1 fully saturated rings. The van der Waals surface area contributed by atoms with Crippen molar-refractivity contribution < 1.29 is 14.7 Å². The molecule has 21 heavy (non-hydrogen) atoms. The molecule has 1 aliphatic rings. The highest BCUT2D eigenvalue weighted by atomic mass is 16.4. The van der Waals surface area contributed by atoms with E-state index in [1.54, 1.807) is 24.3 Å². The van der Waals surface area contributed by atoms with Crippen molar-refractivity contribution in [2.75, 3.05) is 11.9 Å². The smallest absolute Gasteiger partial charge is 0.326 e. The monoisotopic (exact) mass is 287 g/mol. The van der Waals surface area contributed by atoms with E-state index in [4.69, 9.17) is 5.26 Å². The van der Waals surface area contributed by atoms with Crippen molar-refractivity contribution in [3.8, 4) is 6.07 Å². The fraction of sp³-hybridized carbons (Fsp3) is 0.400. The minimum Gasteiger partial charge on any atom is -0.480 e. The number of nitrogens with zero attached hydrogens (tertiary/aromatic N) is 2. The van der Waals surface area contributed by atoms with E-state index in [0.29, 0.717) is 24.2 Å². The van der Waals surface area contributed by atoms with Gasteiger partial charge in [-0.05, 0) is 25.0 Å². The van der Waals surface area contributed by atoms with Crippen LogP contribution in [0.15, 0.2) is 24.3 Å². The van der Waals surface area contributed by atoms with Gasteiger partial charge in [-0.2, -0.15) is 5.26 Å². The summed E-state index contributed by atoms with van der Waals surface area (Å²) in [6, 6.07) is 7.39. The largest absolute Gasteiger partial charge is 0.480 e.